The van der Waals surface area contributed by atoms with Crippen LogP contribution in [0.15, 0.2) is 29.3 Å². The number of hydrogen-bond donors (Lipinski definition) is 2. The van der Waals surface area contributed by atoms with Crippen LogP contribution in [0.3, 0.4) is 0 Å². The van der Waals surface area contributed by atoms with Gasteiger partial charge in [-0.2, -0.15) is 0 Å². The van der Waals surface area contributed by atoms with E-state index in [0.29, 0.717) is 12.2 Å². The number of amides is 1. The maximum Gasteiger partial charge on any atom is 0.259 e. The van der Waals surface area contributed by atoms with Crippen LogP contribution in [0, 0.1) is 0 Å². The van der Waals surface area contributed by atoms with E-state index in [1.54, 1.807) is 23.7 Å². The van der Waals surface area contributed by atoms with Crippen LogP contribution >= 0.6 is 11.3 Å². The highest BCUT2D eigenvalue weighted by molar-refractivity contribution is 7.18. The summed E-state index contributed by atoms with van der Waals surface area (Å²) in [5.41, 5.74) is 2.13. The maximum absolute atomic E-state index is 12.5. The van der Waals surface area contributed by atoms with Crippen molar-refractivity contribution in [2.24, 2.45) is 0 Å². The molecule has 1 unspecified atom stereocenters. The number of aryl methyl sites for hydroxylation is 3. The molecule has 0 spiro atoms. The molecule has 0 aliphatic heterocycles. The lowest BCUT2D eigenvalue weighted by molar-refractivity contribution is -0.121. The number of carbonyl (C=O) groups excluding carboxylic acids is 1. The third kappa shape index (κ3) is 3.78. The first-order valence-corrected chi connectivity index (χ1v) is 10.2. The Morgan fingerprint density at radius 3 is 2.89 bits per heavy atom. The normalized spacial score (nSPS) is 14.7. The standard InChI is InChI=1S/C20H22N4O2S/c1-12(13-8-10-21-11-9-13)22-17(25)7-6-16-23-19(26)18-14-4-2-3-5-15(14)27-20(18)24-16/h8-12H,2-7H2,1H3,(H,22,25)(H,23,24,26). The SMILES string of the molecule is CC(NC(=O)CCc1nc2sc3c(c2c(=O)[nH]1)CCCC3)c1ccncc1. The number of thiophene rings is 1. The molecule has 2 N–H and O–H groups in total. The van der Waals surface area contributed by atoms with E-state index in [4.69, 9.17) is 0 Å². The van der Waals surface area contributed by atoms with E-state index in [9.17, 15) is 9.59 Å². The number of aromatic amines is 1. The zero-order chi connectivity index (χ0) is 18.8. The van der Waals surface area contributed by atoms with Gasteiger partial charge < -0.3 is 10.3 Å². The Morgan fingerprint density at radius 2 is 2.07 bits per heavy atom. The summed E-state index contributed by atoms with van der Waals surface area (Å²) in [6.07, 6.45) is 8.45. The van der Waals surface area contributed by atoms with E-state index in [2.05, 4.69) is 20.3 Å². The lowest BCUT2D eigenvalue weighted by Gasteiger charge is -2.13. The number of rotatable bonds is 5. The number of carbonyl (C=O) groups is 1. The molecular formula is C20H22N4O2S. The predicted octanol–water partition coefficient (Wildman–Crippen LogP) is 3.07. The molecule has 27 heavy (non-hydrogen) atoms. The van der Waals surface area contributed by atoms with E-state index in [1.807, 2.05) is 19.1 Å². The summed E-state index contributed by atoms with van der Waals surface area (Å²) in [5.74, 6) is 0.519. The molecule has 0 aromatic carbocycles. The van der Waals surface area contributed by atoms with Gasteiger partial charge in [-0.25, -0.2) is 4.98 Å². The number of fused-ring (bicyclic) bond motifs is 3. The van der Waals surface area contributed by atoms with Gasteiger partial charge in [0.1, 0.15) is 10.7 Å². The van der Waals surface area contributed by atoms with Crippen molar-refractivity contribution in [3.63, 3.8) is 0 Å². The van der Waals surface area contributed by atoms with Crippen molar-refractivity contribution < 1.29 is 4.79 Å². The summed E-state index contributed by atoms with van der Waals surface area (Å²) in [5, 5.41) is 3.73. The molecule has 0 saturated heterocycles. The molecule has 0 bridgehead atoms. The van der Waals surface area contributed by atoms with Gasteiger partial charge in [-0.15, -0.1) is 11.3 Å². The number of pyridine rings is 1. The second-order valence-electron chi connectivity index (χ2n) is 6.97. The molecule has 3 aromatic rings. The van der Waals surface area contributed by atoms with E-state index in [-0.39, 0.29) is 23.9 Å². The van der Waals surface area contributed by atoms with E-state index >= 15 is 0 Å². The van der Waals surface area contributed by atoms with E-state index in [1.165, 1.54) is 16.9 Å². The number of aromatic nitrogens is 3. The van der Waals surface area contributed by atoms with Gasteiger partial charge in [-0.05, 0) is 55.9 Å². The van der Waals surface area contributed by atoms with Crippen molar-refractivity contribution in [3.8, 4) is 0 Å². The lowest BCUT2D eigenvalue weighted by Crippen LogP contribution is -2.27. The van der Waals surface area contributed by atoms with Crippen LogP contribution < -0.4 is 10.9 Å². The Kier molecular flexibility index (Phi) is 5.03. The van der Waals surface area contributed by atoms with Gasteiger partial charge in [0.15, 0.2) is 0 Å². The second-order valence-corrected chi connectivity index (χ2v) is 8.06. The third-order valence-electron chi connectivity index (χ3n) is 5.05. The molecule has 1 aliphatic carbocycles. The summed E-state index contributed by atoms with van der Waals surface area (Å²) in [6, 6.07) is 3.69. The van der Waals surface area contributed by atoms with Crippen LogP contribution in [0.2, 0.25) is 0 Å². The monoisotopic (exact) mass is 382 g/mol. The third-order valence-corrected chi connectivity index (χ3v) is 6.23. The predicted molar refractivity (Wildman–Crippen MR) is 106 cm³/mol. The summed E-state index contributed by atoms with van der Waals surface area (Å²) >= 11 is 1.63. The molecule has 1 aliphatic rings. The summed E-state index contributed by atoms with van der Waals surface area (Å²) in [4.78, 5) is 38.4. The van der Waals surface area contributed by atoms with Crippen LogP contribution in [0.5, 0.6) is 0 Å². The zero-order valence-corrected chi connectivity index (χ0v) is 16.1. The molecule has 1 amide bonds. The van der Waals surface area contributed by atoms with Gasteiger partial charge in [-0.3, -0.25) is 14.6 Å². The fourth-order valence-corrected chi connectivity index (χ4v) is 4.89. The first kappa shape index (κ1) is 17.9. The summed E-state index contributed by atoms with van der Waals surface area (Å²) in [7, 11) is 0. The summed E-state index contributed by atoms with van der Waals surface area (Å²) in [6.45, 7) is 1.94. The average molecular weight is 382 g/mol. The fourth-order valence-electron chi connectivity index (χ4n) is 3.61. The molecular weight excluding hydrogens is 360 g/mol. The Hall–Kier alpha value is -2.54. The molecule has 3 heterocycles. The van der Waals surface area contributed by atoms with Crippen molar-refractivity contribution in [2.45, 2.75) is 51.5 Å². The first-order valence-electron chi connectivity index (χ1n) is 9.34. The Balaban J connectivity index is 1.44. The molecule has 3 aromatic heterocycles. The Bertz CT molecular complexity index is 1030. The second kappa shape index (κ2) is 7.60. The highest BCUT2D eigenvalue weighted by Gasteiger charge is 2.20. The van der Waals surface area contributed by atoms with Crippen molar-refractivity contribution in [1.29, 1.82) is 0 Å². The highest BCUT2D eigenvalue weighted by Crippen LogP contribution is 2.33. The minimum atomic E-state index is -0.0843. The molecule has 140 valence electrons. The van der Waals surface area contributed by atoms with E-state index < -0.39 is 0 Å². The number of nitrogens with zero attached hydrogens (tertiary/aromatic N) is 2. The molecule has 7 heteroatoms. The lowest BCUT2D eigenvalue weighted by atomic mass is 9.97. The average Bonchev–Trinajstić information content (AvgIpc) is 3.06. The topological polar surface area (TPSA) is 87.7 Å². The quantitative estimate of drug-likeness (QED) is 0.710. The first-order chi connectivity index (χ1) is 13.1. The van der Waals surface area contributed by atoms with Gasteiger partial charge in [0, 0.05) is 30.1 Å². The number of hydrogen-bond acceptors (Lipinski definition) is 5. The molecule has 4 rings (SSSR count). The molecule has 0 radical (unpaired) electrons. The largest absolute Gasteiger partial charge is 0.350 e. The van der Waals surface area contributed by atoms with Crippen molar-refractivity contribution in [2.75, 3.05) is 0 Å². The number of H-pyrrole nitrogens is 1. The van der Waals surface area contributed by atoms with Crippen LogP contribution in [0.4, 0.5) is 0 Å². The van der Waals surface area contributed by atoms with Crippen LogP contribution in [0.25, 0.3) is 10.2 Å². The Labute approximate surface area is 161 Å². The molecule has 6 nitrogen and oxygen atoms in total. The minimum Gasteiger partial charge on any atom is -0.350 e. The van der Waals surface area contributed by atoms with Gasteiger partial charge in [0.25, 0.3) is 5.56 Å². The van der Waals surface area contributed by atoms with Gasteiger partial charge in [-0.1, -0.05) is 0 Å². The van der Waals surface area contributed by atoms with Gasteiger partial charge >= 0.3 is 0 Å². The maximum atomic E-state index is 12.5. The molecule has 0 saturated carbocycles. The number of nitrogens with one attached hydrogen (secondary N) is 2. The van der Waals surface area contributed by atoms with Crippen molar-refractivity contribution in [3.05, 3.63) is 56.7 Å². The minimum absolute atomic E-state index is 0.0625. The van der Waals surface area contributed by atoms with Gasteiger partial charge in [0.05, 0.1) is 11.4 Å². The molecule has 1 atom stereocenters. The van der Waals surface area contributed by atoms with E-state index in [0.717, 1.165) is 35.0 Å². The fraction of sp³-hybridized carbons (Fsp3) is 0.400. The van der Waals surface area contributed by atoms with Crippen molar-refractivity contribution >= 4 is 27.5 Å². The van der Waals surface area contributed by atoms with Crippen LogP contribution in [-0.2, 0) is 24.1 Å². The Morgan fingerprint density at radius 1 is 1.30 bits per heavy atom. The summed E-state index contributed by atoms with van der Waals surface area (Å²) < 4.78 is 0. The van der Waals surface area contributed by atoms with Crippen LogP contribution in [-0.4, -0.2) is 20.9 Å². The van der Waals surface area contributed by atoms with Gasteiger partial charge in [0.2, 0.25) is 5.91 Å². The van der Waals surface area contributed by atoms with Crippen LogP contribution in [0.1, 0.15) is 54.1 Å². The zero-order valence-electron chi connectivity index (χ0n) is 15.2. The van der Waals surface area contributed by atoms with Crippen molar-refractivity contribution in [1.82, 2.24) is 20.3 Å². The highest BCUT2D eigenvalue weighted by atomic mass is 32.1. The molecule has 0 fully saturated rings. The smallest absolute Gasteiger partial charge is 0.259 e.